The lowest BCUT2D eigenvalue weighted by molar-refractivity contribution is 0.393. The predicted molar refractivity (Wildman–Crippen MR) is 87.4 cm³/mol. The Kier molecular flexibility index (Phi) is 6.59. The van der Waals surface area contributed by atoms with Crippen LogP contribution in [-0.4, -0.2) is 31.9 Å². The molecule has 2 rings (SSSR count). The van der Waals surface area contributed by atoms with Crippen molar-refractivity contribution in [2.45, 2.75) is 23.8 Å². The molecule has 2 N–H and O–H groups in total. The summed E-state index contributed by atoms with van der Waals surface area (Å²) in [6.07, 6.45) is 1.56. The van der Waals surface area contributed by atoms with E-state index in [-0.39, 0.29) is 33.4 Å². The average molecular weight is 425 g/mol. The number of nitrogens with two attached hydrogens (primary N) is 1. The minimum atomic E-state index is -3.71. The molecule has 1 aromatic rings. The zero-order valence-electron chi connectivity index (χ0n) is 10.4. The van der Waals surface area contributed by atoms with Crippen LogP contribution < -0.4 is 5.73 Å². The van der Waals surface area contributed by atoms with Gasteiger partial charge >= 0.3 is 0 Å². The summed E-state index contributed by atoms with van der Waals surface area (Å²) in [5.74, 6) is 0. The van der Waals surface area contributed by atoms with Crippen LogP contribution in [0, 0.1) is 0 Å². The second-order valence-corrected chi connectivity index (χ2v) is 7.90. The monoisotopic (exact) mass is 422 g/mol. The van der Waals surface area contributed by atoms with E-state index >= 15 is 0 Å². The molecular weight excluding hydrogens is 410 g/mol. The van der Waals surface area contributed by atoms with Gasteiger partial charge in [0, 0.05) is 23.6 Å². The Bertz CT molecular complexity index is 574. The number of sulfonamides is 1. The van der Waals surface area contributed by atoms with Crippen LogP contribution in [0.1, 0.15) is 12.8 Å². The van der Waals surface area contributed by atoms with Crippen molar-refractivity contribution in [3.8, 4) is 0 Å². The first-order chi connectivity index (χ1) is 8.87. The van der Waals surface area contributed by atoms with Crippen LogP contribution in [0.2, 0.25) is 10.0 Å². The summed E-state index contributed by atoms with van der Waals surface area (Å²) in [6, 6.07) is 2.86. The first kappa shape index (κ1) is 18.5. The van der Waals surface area contributed by atoms with Crippen molar-refractivity contribution in [1.82, 2.24) is 4.31 Å². The Morgan fingerprint density at radius 1 is 1.35 bits per heavy atom. The summed E-state index contributed by atoms with van der Waals surface area (Å²) < 4.78 is 27.3. The molecule has 0 bridgehead atoms. The third kappa shape index (κ3) is 3.43. The van der Waals surface area contributed by atoms with Gasteiger partial charge in [0.05, 0.1) is 10.0 Å². The van der Waals surface area contributed by atoms with Crippen LogP contribution in [0.3, 0.4) is 0 Å². The van der Waals surface area contributed by atoms with Crippen LogP contribution in [0.4, 0.5) is 0 Å². The van der Waals surface area contributed by atoms with E-state index in [2.05, 4.69) is 15.9 Å². The molecule has 1 aromatic carbocycles. The van der Waals surface area contributed by atoms with Gasteiger partial charge in [-0.05, 0) is 25.0 Å². The number of nitrogens with zero attached hydrogens (tertiary/aromatic N) is 1. The van der Waals surface area contributed by atoms with Gasteiger partial charge in [-0.2, -0.15) is 4.31 Å². The number of benzene rings is 1. The molecule has 0 spiro atoms. The number of halogens is 4. The van der Waals surface area contributed by atoms with Gasteiger partial charge in [0.1, 0.15) is 4.90 Å². The Morgan fingerprint density at radius 3 is 2.40 bits per heavy atom. The first-order valence-electron chi connectivity index (χ1n) is 5.74. The van der Waals surface area contributed by atoms with E-state index in [0.717, 1.165) is 12.8 Å². The molecule has 20 heavy (non-hydrogen) atoms. The van der Waals surface area contributed by atoms with E-state index in [4.69, 9.17) is 28.9 Å². The van der Waals surface area contributed by atoms with E-state index in [0.29, 0.717) is 17.6 Å². The quantitative estimate of drug-likeness (QED) is 0.810. The Labute approximate surface area is 143 Å². The number of hydrogen-bond donors (Lipinski definition) is 1. The highest BCUT2D eigenvalue weighted by atomic mass is 79.9. The molecule has 1 unspecified atom stereocenters. The fourth-order valence-electron chi connectivity index (χ4n) is 2.25. The summed E-state index contributed by atoms with van der Waals surface area (Å²) in [4.78, 5) is -0.0422. The number of hydrogen-bond acceptors (Lipinski definition) is 3. The smallest absolute Gasteiger partial charge is 0.246 e. The molecular formula is C11H14BrCl3N2O2S. The molecule has 1 aliphatic rings. The normalized spacial score (nSPS) is 19.9. The van der Waals surface area contributed by atoms with Crippen molar-refractivity contribution in [3.05, 3.63) is 26.7 Å². The van der Waals surface area contributed by atoms with Gasteiger partial charge in [-0.3, -0.25) is 0 Å². The molecule has 0 radical (unpaired) electrons. The molecule has 0 saturated carbocycles. The lowest BCUT2D eigenvalue weighted by Gasteiger charge is -2.24. The summed E-state index contributed by atoms with van der Waals surface area (Å²) in [6.45, 7) is 0.748. The van der Waals surface area contributed by atoms with Gasteiger partial charge in [-0.25, -0.2) is 8.42 Å². The third-order valence-electron chi connectivity index (χ3n) is 3.12. The topological polar surface area (TPSA) is 63.4 Å². The second-order valence-electron chi connectivity index (χ2n) is 4.35. The minimum Gasteiger partial charge on any atom is -0.329 e. The van der Waals surface area contributed by atoms with Gasteiger partial charge < -0.3 is 5.73 Å². The fraction of sp³-hybridized carbons (Fsp3) is 0.455. The fourth-order valence-corrected chi connectivity index (χ4v) is 5.85. The van der Waals surface area contributed by atoms with Crippen LogP contribution in [0.15, 0.2) is 21.5 Å². The average Bonchev–Trinajstić information content (AvgIpc) is 2.75. The predicted octanol–water partition coefficient (Wildman–Crippen LogP) is 3.29. The summed E-state index contributed by atoms with van der Waals surface area (Å²) in [5.41, 5.74) is 5.62. The van der Waals surface area contributed by atoms with Gasteiger partial charge in [0.15, 0.2) is 0 Å². The van der Waals surface area contributed by atoms with Gasteiger partial charge in [-0.1, -0.05) is 39.1 Å². The summed E-state index contributed by atoms with van der Waals surface area (Å²) >= 11 is 15.3. The highest BCUT2D eigenvalue weighted by molar-refractivity contribution is 9.10. The molecule has 1 atom stereocenters. The first-order valence-corrected chi connectivity index (χ1v) is 8.73. The Hall–Kier alpha value is 0.440. The van der Waals surface area contributed by atoms with E-state index < -0.39 is 10.0 Å². The molecule has 4 nitrogen and oxygen atoms in total. The third-order valence-corrected chi connectivity index (χ3v) is 6.46. The van der Waals surface area contributed by atoms with E-state index in [1.54, 1.807) is 0 Å². The van der Waals surface area contributed by atoms with Crippen molar-refractivity contribution in [3.63, 3.8) is 0 Å². The lowest BCUT2D eigenvalue weighted by Crippen LogP contribution is -2.40. The summed E-state index contributed by atoms with van der Waals surface area (Å²) in [7, 11) is -3.71. The maximum absolute atomic E-state index is 12.6. The molecule has 114 valence electrons. The Balaban J connectivity index is 0.00000200. The maximum Gasteiger partial charge on any atom is 0.246 e. The molecule has 1 aliphatic heterocycles. The zero-order chi connectivity index (χ0) is 14.2. The van der Waals surface area contributed by atoms with E-state index in [1.165, 1.54) is 16.4 Å². The molecule has 1 fully saturated rings. The van der Waals surface area contributed by atoms with Crippen molar-refractivity contribution in [2.75, 3.05) is 13.1 Å². The molecule has 0 aromatic heterocycles. The molecule has 0 aliphatic carbocycles. The number of rotatable bonds is 3. The second kappa shape index (κ2) is 7.13. The highest BCUT2D eigenvalue weighted by Crippen LogP contribution is 2.36. The molecule has 1 heterocycles. The van der Waals surface area contributed by atoms with Crippen LogP contribution in [0.5, 0.6) is 0 Å². The van der Waals surface area contributed by atoms with E-state index in [9.17, 15) is 8.42 Å². The van der Waals surface area contributed by atoms with Crippen LogP contribution in [-0.2, 0) is 10.0 Å². The Morgan fingerprint density at radius 2 is 1.90 bits per heavy atom. The van der Waals surface area contributed by atoms with Crippen LogP contribution in [0.25, 0.3) is 0 Å². The molecule has 9 heteroatoms. The van der Waals surface area contributed by atoms with Crippen molar-refractivity contribution >= 4 is 61.6 Å². The highest BCUT2D eigenvalue weighted by Gasteiger charge is 2.36. The standard InChI is InChI=1S/C11H13BrCl2N2O2S.ClH/c12-7-4-9(13)11(10(14)5-7)19(17,18)16-3-1-2-8(16)6-15;/h4-5,8H,1-3,6,15H2;1H. The summed E-state index contributed by atoms with van der Waals surface area (Å²) in [5, 5.41) is 0.226. The minimum absolute atomic E-state index is 0. The zero-order valence-corrected chi connectivity index (χ0v) is 15.1. The van der Waals surface area contributed by atoms with Gasteiger partial charge in [0.25, 0.3) is 0 Å². The van der Waals surface area contributed by atoms with Crippen LogP contribution >= 0.6 is 51.5 Å². The lowest BCUT2D eigenvalue weighted by atomic mass is 10.2. The van der Waals surface area contributed by atoms with Crippen molar-refractivity contribution in [1.29, 1.82) is 0 Å². The van der Waals surface area contributed by atoms with E-state index in [1.807, 2.05) is 0 Å². The maximum atomic E-state index is 12.6. The van der Waals surface area contributed by atoms with Crippen molar-refractivity contribution in [2.24, 2.45) is 5.73 Å². The molecule has 0 amide bonds. The van der Waals surface area contributed by atoms with Gasteiger partial charge in [0.2, 0.25) is 10.0 Å². The van der Waals surface area contributed by atoms with Crippen molar-refractivity contribution < 1.29 is 8.42 Å². The van der Waals surface area contributed by atoms with Gasteiger partial charge in [-0.15, -0.1) is 12.4 Å². The largest absolute Gasteiger partial charge is 0.329 e. The SMILES string of the molecule is Cl.NCC1CCCN1S(=O)(=O)c1c(Cl)cc(Br)cc1Cl. The molecule has 1 saturated heterocycles.